The molecule has 1 saturated heterocycles. The number of carbonyl (C=O) groups excluding carboxylic acids is 1. The lowest BCUT2D eigenvalue weighted by atomic mass is 10.1. The van der Waals surface area contributed by atoms with Gasteiger partial charge in [-0.25, -0.2) is 13.1 Å². The molecular formula is C19H24N2O4S2. The second-order valence-electron chi connectivity index (χ2n) is 6.73. The van der Waals surface area contributed by atoms with E-state index >= 15 is 0 Å². The molecule has 27 heavy (non-hydrogen) atoms. The largest absolute Gasteiger partial charge is 0.481 e. The van der Waals surface area contributed by atoms with Gasteiger partial charge in [-0.3, -0.25) is 4.79 Å². The lowest BCUT2D eigenvalue weighted by Gasteiger charge is -2.33. The number of likely N-dealkylation sites (tertiary alicyclic amines) is 1. The van der Waals surface area contributed by atoms with E-state index in [1.54, 1.807) is 29.3 Å². The summed E-state index contributed by atoms with van der Waals surface area (Å²) in [6.07, 6.45) is 0.605. The van der Waals surface area contributed by atoms with Crippen molar-refractivity contribution in [1.82, 2.24) is 9.62 Å². The van der Waals surface area contributed by atoms with Crippen molar-refractivity contribution >= 4 is 27.3 Å². The van der Waals surface area contributed by atoms with Crippen LogP contribution in [0.4, 0.5) is 0 Å². The Kier molecular flexibility index (Phi) is 6.18. The summed E-state index contributed by atoms with van der Waals surface area (Å²) in [5.41, 5.74) is 1.13. The molecule has 0 saturated carbocycles. The SMILES string of the molecule is Cc1ccc(OC(C)C(=O)N2CCC(NS(=O)(=O)c3cccs3)CC2)cc1. The molecule has 2 aromatic rings. The van der Waals surface area contributed by atoms with Gasteiger partial charge < -0.3 is 9.64 Å². The van der Waals surface area contributed by atoms with Gasteiger partial charge in [-0.15, -0.1) is 11.3 Å². The number of sulfonamides is 1. The third-order valence-electron chi connectivity index (χ3n) is 4.57. The monoisotopic (exact) mass is 408 g/mol. The van der Waals surface area contributed by atoms with Crippen LogP contribution in [0.3, 0.4) is 0 Å². The summed E-state index contributed by atoms with van der Waals surface area (Å²) in [6.45, 7) is 4.76. The fourth-order valence-corrected chi connectivity index (χ4v) is 5.35. The Labute approximate surface area is 164 Å². The van der Waals surface area contributed by atoms with Crippen molar-refractivity contribution in [3.05, 3.63) is 47.3 Å². The third kappa shape index (κ3) is 5.09. The van der Waals surface area contributed by atoms with Gasteiger partial charge in [-0.05, 0) is 50.3 Å². The summed E-state index contributed by atoms with van der Waals surface area (Å²) in [6, 6.07) is 10.7. The summed E-state index contributed by atoms with van der Waals surface area (Å²) >= 11 is 1.20. The number of nitrogens with one attached hydrogen (secondary N) is 1. The van der Waals surface area contributed by atoms with Crippen LogP contribution >= 0.6 is 11.3 Å². The van der Waals surface area contributed by atoms with Crippen LogP contribution in [-0.2, 0) is 14.8 Å². The van der Waals surface area contributed by atoms with Crippen molar-refractivity contribution in [2.45, 2.75) is 43.0 Å². The second-order valence-corrected chi connectivity index (χ2v) is 9.61. The fraction of sp³-hybridized carbons (Fsp3) is 0.421. The number of ether oxygens (including phenoxy) is 1. The Morgan fingerprint density at radius 2 is 1.89 bits per heavy atom. The number of benzene rings is 1. The molecule has 1 N–H and O–H groups in total. The maximum absolute atomic E-state index is 12.6. The molecular weight excluding hydrogens is 384 g/mol. The molecule has 0 bridgehead atoms. The summed E-state index contributed by atoms with van der Waals surface area (Å²) < 4.78 is 33.4. The van der Waals surface area contributed by atoms with Gasteiger partial charge in [0, 0.05) is 19.1 Å². The van der Waals surface area contributed by atoms with Crippen LogP contribution in [0.15, 0.2) is 46.0 Å². The van der Waals surface area contributed by atoms with Crippen molar-refractivity contribution in [2.24, 2.45) is 0 Å². The minimum absolute atomic E-state index is 0.0739. The molecule has 0 aliphatic carbocycles. The van der Waals surface area contributed by atoms with Crippen molar-refractivity contribution in [3.63, 3.8) is 0 Å². The quantitative estimate of drug-likeness (QED) is 0.797. The van der Waals surface area contributed by atoms with E-state index in [2.05, 4.69) is 4.72 Å². The smallest absolute Gasteiger partial charge is 0.263 e. The molecule has 0 radical (unpaired) electrons. The molecule has 6 nitrogen and oxygen atoms in total. The van der Waals surface area contributed by atoms with Gasteiger partial charge in [0.25, 0.3) is 5.91 Å². The zero-order valence-electron chi connectivity index (χ0n) is 15.4. The molecule has 1 unspecified atom stereocenters. The standard InChI is InChI=1S/C19H24N2O4S2/c1-14-5-7-17(8-6-14)25-15(2)19(22)21-11-9-16(10-12-21)20-27(23,24)18-4-3-13-26-18/h3-8,13,15-16,20H,9-12H2,1-2H3. The van der Waals surface area contributed by atoms with Gasteiger partial charge in [-0.1, -0.05) is 23.8 Å². The molecule has 146 valence electrons. The zero-order chi connectivity index (χ0) is 19.4. The molecule has 1 aromatic carbocycles. The summed E-state index contributed by atoms with van der Waals surface area (Å²) in [4.78, 5) is 14.4. The van der Waals surface area contributed by atoms with Crippen LogP contribution in [-0.4, -0.2) is 44.5 Å². The first-order valence-electron chi connectivity index (χ1n) is 8.93. The lowest BCUT2D eigenvalue weighted by molar-refractivity contribution is -0.139. The number of nitrogens with zero attached hydrogens (tertiary/aromatic N) is 1. The number of thiophene rings is 1. The molecule has 0 spiro atoms. The van der Waals surface area contributed by atoms with E-state index in [0.717, 1.165) is 5.56 Å². The summed E-state index contributed by atoms with van der Waals surface area (Å²) in [5, 5.41) is 1.74. The minimum atomic E-state index is -3.47. The third-order valence-corrected chi connectivity index (χ3v) is 7.49. The molecule has 2 heterocycles. The average molecular weight is 409 g/mol. The highest BCUT2D eigenvalue weighted by Crippen LogP contribution is 2.20. The highest BCUT2D eigenvalue weighted by molar-refractivity contribution is 7.91. The number of aryl methyl sites for hydroxylation is 1. The Hall–Kier alpha value is -1.90. The van der Waals surface area contributed by atoms with Crippen molar-refractivity contribution in [2.75, 3.05) is 13.1 Å². The number of rotatable bonds is 6. The molecule has 1 aliphatic heterocycles. The van der Waals surface area contributed by atoms with Crippen LogP contribution in [0.25, 0.3) is 0 Å². The zero-order valence-corrected chi connectivity index (χ0v) is 17.1. The van der Waals surface area contributed by atoms with E-state index in [0.29, 0.717) is 35.9 Å². The van der Waals surface area contributed by atoms with E-state index in [9.17, 15) is 13.2 Å². The van der Waals surface area contributed by atoms with E-state index in [1.807, 2.05) is 31.2 Å². The van der Waals surface area contributed by atoms with Crippen LogP contribution in [0, 0.1) is 6.92 Å². The molecule has 1 amide bonds. The predicted octanol–water partition coefficient (Wildman–Crippen LogP) is 2.79. The molecule has 1 aromatic heterocycles. The number of piperidine rings is 1. The van der Waals surface area contributed by atoms with E-state index in [4.69, 9.17) is 4.74 Å². The van der Waals surface area contributed by atoms with Gasteiger partial charge in [0.05, 0.1) is 0 Å². The van der Waals surface area contributed by atoms with E-state index < -0.39 is 16.1 Å². The normalized spacial score (nSPS) is 16.9. The van der Waals surface area contributed by atoms with Crippen molar-refractivity contribution in [3.8, 4) is 5.75 Å². The summed E-state index contributed by atoms with van der Waals surface area (Å²) in [5.74, 6) is 0.593. The first-order valence-corrected chi connectivity index (χ1v) is 11.3. The number of carbonyl (C=O) groups is 1. The minimum Gasteiger partial charge on any atom is -0.481 e. The van der Waals surface area contributed by atoms with Crippen molar-refractivity contribution in [1.29, 1.82) is 0 Å². The van der Waals surface area contributed by atoms with Crippen LogP contribution in [0.5, 0.6) is 5.75 Å². The molecule has 8 heteroatoms. The molecule has 1 atom stereocenters. The van der Waals surface area contributed by atoms with Crippen molar-refractivity contribution < 1.29 is 17.9 Å². The molecule has 3 rings (SSSR count). The van der Waals surface area contributed by atoms with Gasteiger partial charge >= 0.3 is 0 Å². The predicted molar refractivity (Wildman–Crippen MR) is 106 cm³/mol. The van der Waals surface area contributed by atoms with Gasteiger partial charge in [0.2, 0.25) is 10.0 Å². The van der Waals surface area contributed by atoms with Gasteiger partial charge in [0.15, 0.2) is 6.10 Å². The second kappa shape index (κ2) is 8.41. The molecule has 1 aliphatic rings. The topological polar surface area (TPSA) is 75.7 Å². The van der Waals surface area contributed by atoms with Crippen LogP contribution in [0.2, 0.25) is 0 Å². The Morgan fingerprint density at radius 1 is 1.22 bits per heavy atom. The maximum atomic E-state index is 12.6. The van der Waals surface area contributed by atoms with Crippen LogP contribution < -0.4 is 9.46 Å². The highest BCUT2D eigenvalue weighted by atomic mass is 32.2. The molecule has 1 fully saturated rings. The maximum Gasteiger partial charge on any atom is 0.263 e. The van der Waals surface area contributed by atoms with Crippen LogP contribution in [0.1, 0.15) is 25.3 Å². The average Bonchev–Trinajstić information content (AvgIpc) is 3.19. The first-order chi connectivity index (χ1) is 12.8. The number of amides is 1. The highest BCUT2D eigenvalue weighted by Gasteiger charge is 2.29. The Morgan fingerprint density at radius 3 is 2.48 bits per heavy atom. The number of hydrogen-bond acceptors (Lipinski definition) is 5. The number of hydrogen-bond donors (Lipinski definition) is 1. The van der Waals surface area contributed by atoms with E-state index in [-0.39, 0.29) is 11.9 Å². The lowest BCUT2D eigenvalue weighted by Crippen LogP contribution is -2.49. The summed E-state index contributed by atoms with van der Waals surface area (Å²) in [7, 11) is -3.47. The fourth-order valence-electron chi connectivity index (χ4n) is 3.04. The Bertz CT molecular complexity index is 856. The first kappa shape index (κ1) is 19.9. The van der Waals surface area contributed by atoms with Gasteiger partial charge in [-0.2, -0.15) is 0 Å². The van der Waals surface area contributed by atoms with Gasteiger partial charge in [0.1, 0.15) is 9.96 Å². The Balaban J connectivity index is 1.51. The van der Waals surface area contributed by atoms with E-state index in [1.165, 1.54) is 11.3 Å².